The molecule has 5 heterocycles. The summed E-state index contributed by atoms with van der Waals surface area (Å²) < 4.78 is 11.5. The summed E-state index contributed by atoms with van der Waals surface area (Å²) in [5.41, 5.74) is 9.67. The van der Waals surface area contributed by atoms with Crippen molar-refractivity contribution in [3.63, 3.8) is 0 Å². The van der Waals surface area contributed by atoms with Crippen LogP contribution in [0.5, 0.6) is 0 Å². The van der Waals surface area contributed by atoms with Crippen molar-refractivity contribution < 1.29 is 13.6 Å². The number of hydrogen-bond acceptors (Lipinski definition) is 1. The number of nitrogens with zero attached hydrogens (tertiary/aromatic N) is 2. The van der Waals surface area contributed by atoms with Crippen LogP contribution in [0.15, 0.2) is 89.6 Å². The molecule has 0 fully saturated rings. The van der Waals surface area contributed by atoms with Crippen LogP contribution in [0.25, 0.3) is 33.5 Å². The number of hydrogen-bond donors (Lipinski definition) is 0. The monoisotopic (exact) mass is 414 g/mol. The third-order valence-corrected chi connectivity index (χ3v) is 7.75. The lowest BCUT2D eigenvalue weighted by atomic mass is 9.88. The molecule has 0 saturated heterocycles. The molecule has 1 atom stereocenters. The number of aromatic nitrogens is 2. The summed E-state index contributed by atoms with van der Waals surface area (Å²) in [6.07, 6.45) is 9.12. The molecule has 1 spiro atoms. The molecule has 3 aromatic heterocycles. The van der Waals surface area contributed by atoms with Gasteiger partial charge in [0.15, 0.2) is 12.4 Å². The standard InChI is InChI=1S/C29H22N2O/c1-3-11-22-21(10-1)24-12-5-7-17-30(24)29(22)23-16-15-20-19-9-2-4-14-26(19)32-28(20)27(23)25-13-6-8-18-31(25)29/h1,3,5-8,10-13,15-18H,2,4,9,14H2/q+2. The normalized spacial score (nSPS) is 19.5. The van der Waals surface area contributed by atoms with Gasteiger partial charge in [-0.3, -0.25) is 0 Å². The Morgan fingerprint density at radius 2 is 1.44 bits per heavy atom. The summed E-state index contributed by atoms with van der Waals surface area (Å²) in [5, 5.41) is 1.30. The topological polar surface area (TPSA) is 20.9 Å². The van der Waals surface area contributed by atoms with Gasteiger partial charge >= 0.3 is 5.66 Å². The van der Waals surface area contributed by atoms with Gasteiger partial charge in [0, 0.05) is 41.6 Å². The first-order valence-corrected chi connectivity index (χ1v) is 11.6. The van der Waals surface area contributed by atoms with Gasteiger partial charge in [0.25, 0.3) is 0 Å². The van der Waals surface area contributed by atoms with E-state index in [1.54, 1.807) is 0 Å². The maximum Gasteiger partial charge on any atom is 0.417 e. The maximum absolute atomic E-state index is 6.65. The second kappa shape index (κ2) is 5.74. The smallest absolute Gasteiger partial charge is 0.417 e. The molecule has 0 radical (unpaired) electrons. The second-order valence-corrected chi connectivity index (χ2v) is 9.21. The van der Waals surface area contributed by atoms with Gasteiger partial charge in [0.2, 0.25) is 11.4 Å². The molecule has 2 aromatic carbocycles. The lowest BCUT2D eigenvalue weighted by Crippen LogP contribution is -2.71. The van der Waals surface area contributed by atoms with Crippen LogP contribution in [0, 0.1) is 0 Å². The number of fused-ring (bicyclic) bond motifs is 14. The molecule has 32 heavy (non-hydrogen) atoms. The van der Waals surface area contributed by atoms with Gasteiger partial charge in [0.1, 0.15) is 28.0 Å². The van der Waals surface area contributed by atoms with E-state index in [-0.39, 0.29) is 0 Å². The van der Waals surface area contributed by atoms with Gasteiger partial charge < -0.3 is 4.42 Å². The van der Waals surface area contributed by atoms with Crippen LogP contribution in [-0.4, -0.2) is 0 Å². The minimum absolute atomic E-state index is 0.444. The Balaban J connectivity index is 1.58. The van der Waals surface area contributed by atoms with Crippen LogP contribution < -0.4 is 9.13 Å². The molecule has 0 N–H and O–H groups in total. The van der Waals surface area contributed by atoms with Crippen molar-refractivity contribution in [1.82, 2.24) is 0 Å². The lowest BCUT2D eigenvalue weighted by Gasteiger charge is -2.17. The van der Waals surface area contributed by atoms with Crippen molar-refractivity contribution >= 4 is 11.0 Å². The van der Waals surface area contributed by atoms with Crippen LogP contribution in [0.3, 0.4) is 0 Å². The van der Waals surface area contributed by atoms with Gasteiger partial charge in [-0.25, -0.2) is 0 Å². The van der Waals surface area contributed by atoms with Crippen LogP contribution in [0.4, 0.5) is 0 Å². The fourth-order valence-electron chi connectivity index (χ4n) is 6.53. The minimum atomic E-state index is -0.444. The molecule has 0 bridgehead atoms. The Labute approximate surface area is 186 Å². The van der Waals surface area contributed by atoms with Crippen molar-refractivity contribution in [2.24, 2.45) is 0 Å². The largest absolute Gasteiger partial charge is 0.460 e. The van der Waals surface area contributed by atoms with E-state index in [1.165, 1.54) is 63.2 Å². The Morgan fingerprint density at radius 1 is 0.688 bits per heavy atom. The molecular weight excluding hydrogens is 392 g/mol. The van der Waals surface area contributed by atoms with Crippen molar-refractivity contribution in [1.29, 1.82) is 0 Å². The zero-order valence-electron chi connectivity index (χ0n) is 17.7. The molecule has 0 amide bonds. The van der Waals surface area contributed by atoms with Crippen LogP contribution in [0.1, 0.15) is 35.3 Å². The lowest BCUT2D eigenvalue weighted by molar-refractivity contribution is -0.955. The third kappa shape index (κ3) is 1.77. The van der Waals surface area contributed by atoms with Crippen molar-refractivity contribution in [3.8, 4) is 22.5 Å². The molecule has 3 nitrogen and oxygen atoms in total. The highest BCUT2D eigenvalue weighted by molar-refractivity contribution is 5.97. The van der Waals surface area contributed by atoms with Crippen LogP contribution in [-0.2, 0) is 18.5 Å². The highest BCUT2D eigenvalue weighted by Crippen LogP contribution is 2.50. The predicted molar refractivity (Wildman–Crippen MR) is 122 cm³/mol. The highest BCUT2D eigenvalue weighted by atomic mass is 16.3. The van der Waals surface area contributed by atoms with Gasteiger partial charge in [-0.1, -0.05) is 12.1 Å². The van der Waals surface area contributed by atoms with Crippen molar-refractivity contribution in [2.45, 2.75) is 31.3 Å². The molecule has 5 aromatic rings. The van der Waals surface area contributed by atoms with E-state index in [2.05, 4.69) is 94.3 Å². The Kier molecular flexibility index (Phi) is 3.03. The zero-order chi connectivity index (χ0) is 20.9. The summed E-state index contributed by atoms with van der Waals surface area (Å²) in [4.78, 5) is 0. The predicted octanol–water partition coefficient (Wildman–Crippen LogP) is 5.15. The quantitative estimate of drug-likeness (QED) is 0.315. The van der Waals surface area contributed by atoms with Crippen LogP contribution >= 0.6 is 0 Å². The molecule has 2 aliphatic heterocycles. The molecule has 3 aliphatic rings. The number of benzene rings is 2. The maximum atomic E-state index is 6.65. The second-order valence-electron chi connectivity index (χ2n) is 9.21. The molecule has 152 valence electrons. The first-order chi connectivity index (χ1) is 15.9. The summed E-state index contributed by atoms with van der Waals surface area (Å²) in [6, 6.07) is 26.6. The van der Waals surface area contributed by atoms with E-state index < -0.39 is 5.66 Å². The molecule has 3 heteroatoms. The average Bonchev–Trinajstić information content (AvgIpc) is 3.48. The summed E-state index contributed by atoms with van der Waals surface area (Å²) in [7, 11) is 0. The fraction of sp³-hybridized carbons (Fsp3) is 0.172. The minimum Gasteiger partial charge on any atom is -0.460 e. The van der Waals surface area contributed by atoms with Gasteiger partial charge in [-0.2, -0.15) is 0 Å². The Bertz CT molecular complexity index is 1550. The van der Waals surface area contributed by atoms with Crippen LogP contribution in [0.2, 0.25) is 0 Å². The molecule has 1 aliphatic carbocycles. The average molecular weight is 415 g/mol. The van der Waals surface area contributed by atoms with E-state index in [0.29, 0.717) is 0 Å². The number of furan rings is 1. The number of rotatable bonds is 0. The van der Waals surface area contributed by atoms with E-state index >= 15 is 0 Å². The molecular formula is C29H22N2O+2. The molecule has 0 saturated carbocycles. The van der Waals surface area contributed by atoms with Crippen molar-refractivity contribution in [3.05, 3.63) is 108 Å². The van der Waals surface area contributed by atoms with E-state index in [1.807, 2.05) is 0 Å². The summed E-state index contributed by atoms with van der Waals surface area (Å²) in [6.45, 7) is 0. The Hall–Kier alpha value is -3.72. The first kappa shape index (κ1) is 16.9. The number of aryl methyl sites for hydroxylation is 2. The van der Waals surface area contributed by atoms with Gasteiger partial charge in [-0.15, -0.1) is 9.13 Å². The number of pyridine rings is 2. The van der Waals surface area contributed by atoms with E-state index in [0.717, 1.165) is 18.4 Å². The van der Waals surface area contributed by atoms with Crippen molar-refractivity contribution in [2.75, 3.05) is 0 Å². The highest BCUT2D eigenvalue weighted by Gasteiger charge is 2.66. The SMILES string of the molecule is c1ccc2c(c1)-c1cccc[n+]1C21c2ccc3c4c(oc3c2-c2cccc[n+]21)CCCC4. The van der Waals surface area contributed by atoms with E-state index in [9.17, 15) is 0 Å². The first-order valence-electron chi connectivity index (χ1n) is 11.6. The summed E-state index contributed by atoms with van der Waals surface area (Å²) >= 11 is 0. The summed E-state index contributed by atoms with van der Waals surface area (Å²) in [5.74, 6) is 1.20. The van der Waals surface area contributed by atoms with Gasteiger partial charge in [-0.05, 0) is 55.7 Å². The molecule has 1 unspecified atom stereocenters. The van der Waals surface area contributed by atoms with E-state index in [4.69, 9.17) is 4.42 Å². The Morgan fingerprint density at radius 3 is 2.34 bits per heavy atom. The van der Waals surface area contributed by atoms with Gasteiger partial charge in [0.05, 0.1) is 5.56 Å². The molecule has 8 rings (SSSR count). The zero-order valence-corrected chi connectivity index (χ0v) is 17.7. The fourth-order valence-corrected chi connectivity index (χ4v) is 6.53. The third-order valence-electron chi connectivity index (χ3n) is 7.75.